The fourth-order valence-corrected chi connectivity index (χ4v) is 4.00. The highest BCUT2D eigenvalue weighted by atomic mass is 32.2. The zero-order valence-corrected chi connectivity index (χ0v) is 15.7. The first-order chi connectivity index (χ1) is 13.8. The van der Waals surface area contributed by atoms with Crippen LogP contribution in [0.15, 0.2) is 53.7 Å². The van der Waals surface area contributed by atoms with Gasteiger partial charge in [-0.2, -0.15) is 0 Å². The number of benzene rings is 2. The molecule has 1 N–H and O–H groups in total. The molecule has 0 unspecified atom stereocenters. The molecule has 0 atom stereocenters. The van der Waals surface area contributed by atoms with Crippen molar-refractivity contribution in [2.45, 2.75) is 11.7 Å². The Morgan fingerprint density at radius 1 is 1.07 bits per heavy atom. The third-order valence-electron chi connectivity index (χ3n) is 4.54. The van der Waals surface area contributed by atoms with Crippen LogP contribution in [0.5, 0.6) is 11.5 Å². The Morgan fingerprint density at radius 3 is 2.82 bits per heavy atom. The van der Waals surface area contributed by atoms with Crippen molar-refractivity contribution < 1.29 is 14.3 Å². The van der Waals surface area contributed by atoms with E-state index in [2.05, 4.69) is 32.5 Å². The van der Waals surface area contributed by atoms with Crippen molar-refractivity contribution in [3.8, 4) is 11.5 Å². The molecule has 0 spiro atoms. The normalized spacial score (nSPS) is 14.2. The maximum atomic E-state index is 12.3. The summed E-state index contributed by atoms with van der Waals surface area (Å²) in [5, 5.41) is 12.2. The Balaban J connectivity index is 1.23. The number of thioether (sulfide) groups is 1. The minimum Gasteiger partial charge on any atom is -0.454 e. The molecule has 142 valence electrons. The first kappa shape index (κ1) is 16.9. The van der Waals surface area contributed by atoms with E-state index in [0.717, 1.165) is 29.9 Å². The minimum absolute atomic E-state index is 0.112. The second-order valence-electron chi connectivity index (χ2n) is 6.33. The summed E-state index contributed by atoms with van der Waals surface area (Å²) in [5.41, 5.74) is 1.77. The zero-order chi connectivity index (χ0) is 18.9. The molecule has 0 saturated heterocycles. The van der Waals surface area contributed by atoms with E-state index in [0.29, 0.717) is 17.2 Å². The number of amides is 1. The van der Waals surface area contributed by atoms with Gasteiger partial charge in [0, 0.05) is 30.5 Å². The molecule has 3 aromatic rings. The van der Waals surface area contributed by atoms with Crippen molar-refractivity contribution in [2.75, 3.05) is 29.3 Å². The average Bonchev–Trinajstić information content (AvgIpc) is 3.43. The van der Waals surface area contributed by atoms with Crippen LogP contribution in [0.1, 0.15) is 0 Å². The van der Waals surface area contributed by atoms with Gasteiger partial charge in [0.15, 0.2) is 16.7 Å². The van der Waals surface area contributed by atoms with Gasteiger partial charge in [0.25, 0.3) is 0 Å². The first-order valence-corrected chi connectivity index (χ1v) is 9.84. The Bertz CT molecular complexity index is 1020. The lowest BCUT2D eigenvalue weighted by molar-refractivity contribution is -0.113. The summed E-state index contributed by atoms with van der Waals surface area (Å²) in [7, 11) is 0. The largest absolute Gasteiger partial charge is 0.454 e. The first-order valence-electron chi connectivity index (χ1n) is 8.86. The average molecular weight is 395 g/mol. The van der Waals surface area contributed by atoms with E-state index in [-0.39, 0.29) is 18.5 Å². The number of aromatic nitrogens is 3. The van der Waals surface area contributed by atoms with E-state index in [1.807, 2.05) is 22.8 Å². The molecule has 0 fully saturated rings. The molecule has 28 heavy (non-hydrogen) atoms. The van der Waals surface area contributed by atoms with E-state index in [4.69, 9.17) is 9.47 Å². The molecule has 0 bridgehead atoms. The number of hydrogen-bond donors (Lipinski definition) is 1. The second-order valence-corrected chi connectivity index (χ2v) is 7.27. The van der Waals surface area contributed by atoms with Gasteiger partial charge in [0.1, 0.15) is 0 Å². The molecule has 2 aromatic carbocycles. The van der Waals surface area contributed by atoms with Crippen molar-refractivity contribution in [2.24, 2.45) is 0 Å². The topological polar surface area (TPSA) is 81.5 Å². The molecule has 0 aliphatic carbocycles. The third-order valence-corrected chi connectivity index (χ3v) is 5.51. The van der Waals surface area contributed by atoms with Crippen molar-refractivity contribution in [3.05, 3.63) is 48.5 Å². The van der Waals surface area contributed by atoms with E-state index in [9.17, 15) is 4.79 Å². The molecule has 0 saturated carbocycles. The Hall–Kier alpha value is -3.20. The highest BCUT2D eigenvalue weighted by Crippen LogP contribution is 2.34. The number of nitrogens with one attached hydrogen (secondary N) is 1. The van der Waals surface area contributed by atoms with Crippen LogP contribution in [0.4, 0.5) is 17.3 Å². The van der Waals surface area contributed by atoms with Gasteiger partial charge in [-0.15, -0.1) is 10.2 Å². The quantitative estimate of drug-likeness (QED) is 0.665. The molecular formula is C19H17N5O3S. The number of nitrogens with zero attached hydrogens (tertiary/aromatic N) is 4. The summed E-state index contributed by atoms with van der Waals surface area (Å²) < 4.78 is 12.7. The van der Waals surface area contributed by atoms with Crippen LogP contribution in [0.2, 0.25) is 0 Å². The van der Waals surface area contributed by atoms with Crippen molar-refractivity contribution >= 4 is 35.0 Å². The van der Waals surface area contributed by atoms with Gasteiger partial charge in [0.05, 0.1) is 5.75 Å². The molecule has 8 nitrogen and oxygen atoms in total. The predicted molar refractivity (Wildman–Crippen MR) is 105 cm³/mol. The summed E-state index contributed by atoms with van der Waals surface area (Å²) in [6.45, 7) is 1.84. The molecule has 5 rings (SSSR count). The molecule has 2 aliphatic heterocycles. The summed E-state index contributed by atoms with van der Waals surface area (Å²) >= 11 is 1.38. The van der Waals surface area contributed by atoms with Crippen LogP contribution < -0.4 is 19.7 Å². The fourth-order valence-electron chi connectivity index (χ4n) is 3.24. The monoisotopic (exact) mass is 395 g/mol. The molecule has 1 aromatic heterocycles. The van der Waals surface area contributed by atoms with E-state index in [1.54, 1.807) is 18.2 Å². The number of ether oxygens (including phenoxy) is 2. The van der Waals surface area contributed by atoms with Gasteiger partial charge in [-0.3, -0.25) is 9.36 Å². The molecule has 2 aliphatic rings. The van der Waals surface area contributed by atoms with Gasteiger partial charge < -0.3 is 19.7 Å². The van der Waals surface area contributed by atoms with E-state index < -0.39 is 0 Å². The van der Waals surface area contributed by atoms with Crippen LogP contribution in [-0.2, 0) is 11.3 Å². The summed E-state index contributed by atoms with van der Waals surface area (Å²) in [6, 6.07) is 15.4. The number of fused-ring (bicyclic) bond motifs is 2. The van der Waals surface area contributed by atoms with Crippen molar-refractivity contribution in [1.82, 2.24) is 14.8 Å². The van der Waals surface area contributed by atoms with Gasteiger partial charge in [-0.25, -0.2) is 0 Å². The van der Waals surface area contributed by atoms with E-state index >= 15 is 0 Å². The molecule has 0 radical (unpaired) electrons. The molecule has 1 amide bonds. The minimum atomic E-state index is -0.112. The fraction of sp³-hybridized carbons (Fsp3) is 0.211. The van der Waals surface area contributed by atoms with Crippen LogP contribution in [-0.4, -0.2) is 39.8 Å². The molecular weight excluding hydrogens is 378 g/mol. The maximum absolute atomic E-state index is 12.3. The Labute approximate surface area is 165 Å². The van der Waals surface area contributed by atoms with Crippen LogP contribution >= 0.6 is 11.8 Å². The van der Waals surface area contributed by atoms with Gasteiger partial charge in [-0.1, -0.05) is 30.0 Å². The summed E-state index contributed by atoms with van der Waals surface area (Å²) in [5.74, 6) is 2.28. The number of anilines is 3. The molecule has 9 heteroatoms. The number of hydrogen-bond acceptors (Lipinski definition) is 7. The third kappa shape index (κ3) is 3.13. The van der Waals surface area contributed by atoms with Gasteiger partial charge in [0.2, 0.25) is 18.6 Å². The number of carbonyl (C=O) groups excluding carboxylic acids is 1. The van der Waals surface area contributed by atoms with Gasteiger partial charge >= 0.3 is 0 Å². The SMILES string of the molecule is O=C(CSc1nnc2n1CCN2c1ccccc1)Nc1ccc2c(c1)OCO2. The summed E-state index contributed by atoms with van der Waals surface area (Å²) in [6.07, 6.45) is 0. The Morgan fingerprint density at radius 2 is 1.93 bits per heavy atom. The van der Waals surface area contributed by atoms with Gasteiger partial charge in [-0.05, 0) is 24.3 Å². The van der Waals surface area contributed by atoms with Crippen LogP contribution in [0, 0.1) is 0 Å². The summed E-state index contributed by atoms with van der Waals surface area (Å²) in [4.78, 5) is 14.5. The maximum Gasteiger partial charge on any atom is 0.234 e. The highest BCUT2D eigenvalue weighted by Gasteiger charge is 2.26. The number of para-hydroxylation sites is 1. The number of carbonyl (C=O) groups is 1. The van der Waals surface area contributed by atoms with Crippen molar-refractivity contribution in [1.29, 1.82) is 0 Å². The van der Waals surface area contributed by atoms with Crippen molar-refractivity contribution in [3.63, 3.8) is 0 Å². The molecule has 3 heterocycles. The lowest BCUT2D eigenvalue weighted by Gasteiger charge is -2.14. The van der Waals surface area contributed by atoms with Crippen LogP contribution in [0.3, 0.4) is 0 Å². The van der Waals surface area contributed by atoms with E-state index in [1.165, 1.54) is 11.8 Å². The lowest BCUT2D eigenvalue weighted by Crippen LogP contribution is -2.14. The second kappa shape index (κ2) is 7.08. The van der Waals surface area contributed by atoms with Crippen LogP contribution in [0.25, 0.3) is 0 Å². The predicted octanol–water partition coefficient (Wildman–Crippen LogP) is 2.89. The number of rotatable bonds is 5. The Kier molecular flexibility index (Phi) is 4.28. The zero-order valence-electron chi connectivity index (χ0n) is 14.9. The highest BCUT2D eigenvalue weighted by molar-refractivity contribution is 7.99. The smallest absolute Gasteiger partial charge is 0.234 e. The lowest BCUT2D eigenvalue weighted by atomic mass is 10.3. The standard InChI is InChI=1S/C19H17N5O3S/c25-17(20-13-6-7-15-16(10-13)27-12-26-15)11-28-19-22-21-18-23(8-9-24(18)19)14-4-2-1-3-5-14/h1-7,10H,8-9,11-12H2,(H,20,25).